The number of hydrogen-bond acceptors (Lipinski definition) is 5. The second-order valence-corrected chi connectivity index (χ2v) is 4.10. The van der Waals surface area contributed by atoms with Gasteiger partial charge in [0.15, 0.2) is 5.82 Å². The summed E-state index contributed by atoms with van der Waals surface area (Å²) in [6.07, 6.45) is 3.54. The van der Waals surface area contributed by atoms with Crippen LogP contribution in [0.4, 0.5) is 5.82 Å². The Balaban J connectivity index is 2.39. The van der Waals surface area contributed by atoms with Gasteiger partial charge >= 0.3 is 0 Å². The summed E-state index contributed by atoms with van der Waals surface area (Å²) in [4.78, 5) is 6.23. The van der Waals surface area contributed by atoms with Gasteiger partial charge in [-0.25, -0.2) is 4.98 Å². The predicted molar refractivity (Wildman–Crippen MR) is 63.6 cm³/mol. The van der Waals surface area contributed by atoms with E-state index < -0.39 is 0 Å². The molecule has 1 atom stereocenters. The standard InChI is InChI=1S/C11H14N6/c1-8(6-12)7-16(3)10-11-15-14-9(2)17(11)5-4-13-10/h4-5,8H,7H2,1-3H3. The molecule has 0 amide bonds. The Morgan fingerprint density at radius 1 is 1.53 bits per heavy atom. The third-order valence-corrected chi connectivity index (χ3v) is 2.61. The molecule has 0 aliphatic carbocycles. The zero-order chi connectivity index (χ0) is 12.4. The third-order valence-electron chi connectivity index (χ3n) is 2.61. The lowest BCUT2D eigenvalue weighted by molar-refractivity contribution is 0.710. The Kier molecular flexibility index (Phi) is 2.91. The Morgan fingerprint density at radius 2 is 2.29 bits per heavy atom. The molecule has 2 aromatic heterocycles. The van der Waals surface area contributed by atoms with Gasteiger partial charge in [-0.1, -0.05) is 0 Å². The lowest BCUT2D eigenvalue weighted by atomic mass is 10.2. The molecule has 0 bridgehead atoms. The van der Waals surface area contributed by atoms with Gasteiger partial charge < -0.3 is 4.90 Å². The van der Waals surface area contributed by atoms with Crippen molar-refractivity contribution in [3.8, 4) is 6.07 Å². The fourth-order valence-corrected chi connectivity index (χ4v) is 1.74. The minimum absolute atomic E-state index is 0.0499. The first-order valence-corrected chi connectivity index (χ1v) is 5.40. The number of nitrogens with zero attached hydrogens (tertiary/aromatic N) is 6. The van der Waals surface area contributed by atoms with E-state index >= 15 is 0 Å². The summed E-state index contributed by atoms with van der Waals surface area (Å²) in [7, 11) is 1.90. The lowest BCUT2D eigenvalue weighted by Gasteiger charge is -2.19. The number of anilines is 1. The largest absolute Gasteiger partial charge is 0.355 e. The van der Waals surface area contributed by atoms with E-state index in [1.807, 2.05) is 36.4 Å². The highest BCUT2D eigenvalue weighted by Crippen LogP contribution is 2.16. The van der Waals surface area contributed by atoms with Crippen LogP contribution in [0.15, 0.2) is 12.4 Å². The number of aryl methyl sites for hydroxylation is 1. The maximum absolute atomic E-state index is 8.82. The Morgan fingerprint density at radius 3 is 3.00 bits per heavy atom. The molecule has 0 aromatic carbocycles. The van der Waals surface area contributed by atoms with Crippen molar-refractivity contribution >= 4 is 11.5 Å². The summed E-state index contributed by atoms with van der Waals surface area (Å²) in [6, 6.07) is 2.21. The summed E-state index contributed by atoms with van der Waals surface area (Å²) >= 11 is 0. The molecule has 17 heavy (non-hydrogen) atoms. The zero-order valence-electron chi connectivity index (χ0n) is 10.1. The van der Waals surface area contributed by atoms with Gasteiger partial charge in [0.25, 0.3) is 0 Å². The van der Waals surface area contributed by atoms with Crippen molar-refractivity contribution in [1.82, 2.24) is 19.6 Å². The Bertz CT molecular complexity index is 567. The van der Waals surface area contributed by atoms with Crippen LogP contribution in [0.3, 0.4) is 0 Å². The van der Waals surface area contributed by atoms with Crippen molar-refractivity contribution in [2.75, 3.05) is 18.5 Å². The highest BCUT2D eigenvalue weighted by atomic mass is 15.3. The van der Waals surface area contributed by atoms with Crippen molar-refractivity contribution in [3.63, 3.8) is 0 Å². The van der Waals surface area contributed by atoms with E-state index in [0.717, 1.165) is 17.3 Å². The average Bonchev–Trinajstić information content (AvgIpc) is 2.71. The van der Waals surface area contributed by atoms with Gasteiger partial charge in [-0.15, -0.1) is 10.2 Å². The van der Waals surface area contributed by atoms with Gasteiger partial charge in [0.05, 0.1) is 12.0 Å². The van der Waals surface area contributed by atoms with Crippen LogP contribution in [0, 0.1) is 24.2 Å². The average molecular weight is 230 g/mol. The maximum Gasteiger partial charge on any atom is 0.203 e. The summed E-state index contributed by atoms with van der Waals surface area (Å²) in [5, 5.41) is 16.9. The number of nitriles is 1. The van der Waals surface area contributed by atoms with Crippen molar-refractivity contribution < 1.29 is 0 Å². The van der Waals surface area contributed by atoms with Crippen molar-refractivity contribution in [3.05, 3.63) is 18.2 Å². The van der Waals surface area contributed by atoms with Crippen LogP contribution in [-0.4, -0.2) is 33.2 Å². The molecule has 0 spiro atoms. The molecule has 6 nitrogen and oxygen atoms in total. The summed E-state index contributed by atoms with van der Waals surface area (Å²) in [5.74, 6) is 1.52. The van der Waals surface area contributed by atoms with Crippen LogP contribution < -0.4 is 4.90 Å². The van der Waals surface area contributed by atoms with Gasteiger partial charge in [0.1, 0.15) is 5.82 Å². The van der Waals surface area contributed by atoms with Gasteiger partial charge in [-0.3, -0.25) is 4.40 Å². The topological polar surface area (TPSA) is 70.1 Å². The molecule has 2 aromatic rings. The summed E-state index contributed by atoms with van der Waals surface area (Å²) < 4.78 is 1.88. The van der Waals surface area contributed by atoms with Crippen LogP contribution >= 0.6 is 0 Å². The Labute approximate surface area is 99.5 Å². The monoisotopic (exact) mass is 230 g/mol. The second-order valence-electron chi connectivity index (χ2n) is 4.10. The molecular weight excluding hydrogens is 216 g/mol. The SMILES string of the molecule is Cc1nnc2c(N(C)CC(C)C#N)nccn12. The van der Waals surface area contributed by atoms with Crippen LogP contribution in [-0.2, 0) is 0 Å². The third kappa shape index (κ3) is 2.04. The van der Waals surface area contributed by atoms with Crippen LogP contribution in [0.2, 0.25) is 0 Å². The first kappa shape index (κ1) is 11.3. The maximum atomic E-state index is 8.82. The molecular formula is C11H14N6. The second kappa shape index (κ2) is 4.37. The Hall–Kier alpha value is -2.16. The number of fused-ring (bicyclic) bond motifs is 1. The van der Waals surface area contributed by atoms with Crippen LogP contribution in [0.5, 0.6) is 0 Å². The van der Waals surface area contributed by atoms with Crippen LogP contribution in [0.25, 0.3) is 5.65 Å². The molecule has 2 rings (SSSR count). The van der Waals surface area contributed by atoms with Gasteiger partial charge in [-0.2, -0.15) is 5.26 Å². The normalized spacial score (nSPS) is 12.4. The lowest BCUT2D eigenvalue weighted by Crippen LogP contribution is -2.24. The van der Waals surface area contributed by atoms with Gasteiger partial charge in [-0.05, 0) is 13.8 Å². The number of aromatic nitrogens is 4. The zero-order valence-corrected chi connectivity index (χ0v) is 10.1. The van der Waals surface area contributed by atoms with Gasteiger partial charge in [0.2, 0.25) is 5.65 Å². The summed E-state index contributed by atoms with van der Waals surface area (Å²) in [5.41, 5.74) is 0.720. The minimum atomic E-state index is -0.0499. The van der Waals surface area contributed by atoms with E-state index in [2.05, 4.69) is 21.3 Å². The number of rotatable bonds is 3. The molecule has 0 saturated heterocycles. The molecule has 0 saturated carbocycles. The predicted octanol–water partition coefficient (Wildman–Crippen LogP) is 1.03. The van der Waals surface area contributed by atoms with E-state index in [-0.39, 0.29) is 5.92 Å². The fraction of sp³-hybridized carbons (Fsp3) is 0.455. The van der Waals surface area contributed by atoms with E-state index in [1.165, 1.54) is 0 Å². The first-order chi connectivity index (χ1) is 8.13. The molecule has 0 fully saturated rings. The van der Waals surface area contributed by atoms with E-state index in [0.29, 0.717) is 6.54 Å². The van der Waals surface area contributed by atoms with Crippen LogP contribution in [0.1, 0.15) is 12.7 Å². The molecule has 0 N–H and O–H groups in total. The van der Waals surface area contributed by atoms with Crippen molar-refractivity contribution in [2.45, 2.75) is 13.8 Å². The molecule has 0 radical (unpaired) electrons. The molecule has 6 heteroatoms. The summed E-state index contributed by atoms with van der Waals surface area (Å²) in [6.45, 7) is 4.39. The van der Waals surface area contributed by atoms with E-state index in [1.54, 1.807) is 6.20 Å². The molecule has 0 aliphatic heterocycles. The van der Waals surface area contributed by atoms with E-state index in [4.69, 9.17) is 5.26 Å². The molecule has 88 valence electrons. The minimum Gasteiger partial charge on any atom is -0.355 e. The van der Waals surface area contributed by atoms with Crippen molar-refractivity contribution in [1.29, 1.82) is 5.26 Å². The smallest absolute Gasteiger partial charge is 0.203 e. The van der Waals surface area contributed by atoms with E-state index in [9.17, 15) is 0 Å². The molecule has 2 heterocycles. The van der Waals surface area contributed by atoms with Crippen molar-refractivity contribution in [2.24, 2.45) is 5.92 Å². The molecule has 1 unspecified atom stereocenters. The fourth-order valence-electron chi connectivity index (χ4n) is 1.74. The quantitative estimate of drug-likeness (QED) is 0.787. The highest BCUT2D eigenvalue weighted by Gasteiger charge is 2.13. The number of hydrogen-bond donors (Lipinski definition) is 0. The van der Waals surface area contributed by atoms with Gasteiger partial charge in [0, 0.05) is 26.0 Å². The molecule has 0 aliphatic rings. The first-order valence-electron chi connectivity index (χ1n) is 5.40. The highest BCUT2D eigenvalue weighted by molar-refractivity contribution is 5.63.